The maximum Gasteiger partial charge on any atom is 0.256 e. The normalized spacial score (nSPS) is 11.9. The summed E-state index contributed by atoms with van der Waals surface area (Å²) in [7, 11) is 0. The molecule has 0 spiro atoms. The molecule has 1 N–H and O–H groups in total. The quantitative estimate of drug-likeness (QED) is 0.870. The van der Waals surface area contributed by atoms with Crippen LogP contribution in [0.25, 0.3) is 0 Å². The number of halogens is 1. The zero-order valence-electron chi connectivity index (χ0n) is 11.6. The molecule has 1 heterocycles. The lowest BCUT2D eigenvalue weighted by atomic mass is 10.0. The van der Waals surface area contributed by atoms with Gasteiger partial charge in [-0.3, -0.25) is 4.79 Å². The first kappa shape index (κ1) is 14.2. The number of benzene rings is 1. The van der Waals surface area contributed by atoms with Crippen LogP contribution in [0.4, 0.5) is 4.39 Å². The van der Waals surface area contributed by atoms with Crippen molar-refractivity contribution in [2.24, 2.45) is 0 Å². The molecule has 0 aliphatic rings. The Morgan fingerprint density at radius 1 is 1.30 bits per heavy atom. The molecule has 2 aromatic rings. The lowest BCUT2D eigenvalue weighted by Gasteiger charge is -2.15. The Morgan fingerprint density at radius 3 is 2.75 bits per heavy atom. The van der Waals surface area contributed by atoms with E-state index < -0.39 is 11.9 Å². The number of carbonyl (C=O) groups is 1. The first-order chi connectivity index (χ1) is 9.58. The number of hydrogen-bond donors (Lipinski definition) is 1. The third-order valence-corrected chi connectivity index (χ3v) is 3.17. The van der Waals surface area contributed by atoms with Crippen LogP contribution in [0, 0.1) is 12.9 Å². The second kappa shape index (κ2) is 6.28. The fraction of sp³-hybridized carbons (Fsp3) is 0.250. The van der Waals surface area contributed by atoms with Gasteiger partial charge in [0.1, 0.15) is 0 Å². The molecule has 4 heteroatoms. The number of hydrogen-bond acceptors (Lipinski definition) is 2. The molecule has 0 fully saturated rings. The molecular weight excluding hydrogens is 255 g/mol. The van der Waals surface area contributed by atoms with Crippen molar-refractivity contribution in [3.63, 3.8) is 0 Å². The lowest BCUT2D eigenvalue weighted by molar-refractivity contribution is 0.0935. The third-order valence-electron chi connectivity index (χ3n) is 3.17. The Morgan fingerprint density at radius 2 is 2.05 bits per heavy atom. The van der Waals surface area contributed by atoms with Crippen molar-refractivity contribution >= 4 is 5.91 Å². The van der Waals surface area contributed by atoms with Crippen molar-refractivity contribution in [2.75, 3.05) is 0 Å². The standard InChI is InChI=1S/C16H17FN2O/c1-11-6-3-4-7-13(11)10-12(2)19-16(20)14-8-5-9-18-15(14)17/h3-9,12H,10H2,1-2H3,(H,19,20). The first-order valence-electron chi connectivity index (χ1n) is 6.54. The van der Waals surface area contributed by atoms with Crippen molar-refractivity contribution in [3.8, 4) is 0 Å². The lowest BCUT2D eigenvalue weighted by Crippen LogP contribution is -2.34. The van der Waals surface area contributed by atoms with Crippen LogP contribution < -0.4 is 5.32 Å². The molecule has 2 rings (SSSR count). The van der Waals surface area contributed by atoms with Gasteiger partial charge in [-0.05, 0) is 43.5 Å². The highest BCUT2D eigenvalue weighted by Crippen LogP contribution is 2.10. The molecule has 0 bridgehead atoms. The summed E-state index contributed by atoms with van der Waals surface area (Å²) in [5.74, 6) is -1.18. The monoisotopic (exact) mass is 272 g/mol. The molecule has 0 saturated carbocycles. The topological polar surface area (TPSA) is 42.0 Å². The molecule has 3 nitrogen and oxygen atoms in total. The second-order valence-electron chi connectivity index (χ2n) is 4.85. The molecule has 0 radical (unpaired) electrons. The molecule has 0 saturated heterocycles. The molecular formula is C16H17FN2O. The molecule has 1 amide bonds. The number of aromatic nitrogens is 1. The molecule has 0 aliphatic heterocycles. The largest absolute Gasteiger partial charge is 0.349 e. The van der Waals surface area contributed by atoms with Crippen LogP contribution in [-0.2, 0) is 6.42 Å². The minimum absolute atomic E-state index is 0.0240. The van der Waals surface area contributed by atoms with Crippen molar-refractivity contribution in [2.45, 2.75) is 26.3 Å². The van der Waals surface area contributed by atoms with Crippen LogP contribution in [0.3, 0.4) is 0 Å². The Bertz CT molecular complexity index is 613. The SMILES string of the molecule is Cc1ccccc1CC(C)NC(=O)c1cccnc1F. The van der Waals surface area contributed by atoms with Crippen LogP contribution in [0.5, 0.6) is 0 Å². The van der Waals surface area contributed by atoms with Gasteiger partial charge in [-0.25, -0.2) is 4.98 Å². The Kier molecular flexibility index (Phi) is 4.45. The summed E-state index contributed by atoms with van der Waals surface area (Å²) in [6.07, 6.45) is 2.03. The summed E-state index contributed by atoms with van der Waals surface area (Å²) in [6, 6.07) is 10.9. The van der Waals surface area contributed by atoms with Gasteiger partial charge in [0.2, 0.25) is 5.95 Å². The highest BCUT2D eigenvalue weighted by atomic mass is 19.1. The van der Waals surface area contributed by atoms with Gasteiger partial charge < -0.3 is 5.32 Å². The van der Waals surface area contributed by atoms with Crippen LogP contribution >= 0.6 is 0 Å². The van der Waals surface area contributed by atoms with Crippen molar-refractivity contribution in [3.05, 3.63) is 65.2 Å². The second-order valence-corrected chi connectivity index (χ2v) is 4.85. The Hall–Kier alpha value is -2.23. The number of rotatable bonds is 4. The van der Waals surface area contributed by atoms with E-state index in [0.29, 0.717) is 6.42 Å². The fourth-order valence-electron chi connectivity index (χ4n) is 2.08. The Labute approximate surface area is 117 Å². The number of carbonyl (C=O) groups excluding carboxylic acids is 1. The summed E-state index contributed by atoms with van der Waals surface area (Å²) < 4.78 is 13.4. The number of nitrogens with one attached hydrogen (secondary N) is 1. The van der Waals surface area contributed by atoms with Gasteiger partial charge in [0, 0.05) is 12.2 Å². The van der Waals surface area contributed by atoms with Crippen LogP contribution in [-0.4, -0.2) is 16.9 Å². The van der Waals surface area contributed by atoms with E-state index in [9.17, 15) is 9.18 Å². The van der Waals surface area contributed by atoms with Crippen molar-refractivity contribution < 1.29 is 9.18 Å². The van der Waals surface area contributed by atoms with Crippen molar-refractivity contribution in [1.29, 1.82) is 0 Å². The van der Waals surface area contributed by atoms with Gasteiger partial charge in [0.15, 0.2) is 0 Å². The van der Waals surface area contributed by atoms with E-state index in [2.05, 4.69) is 10.3 Å². The van der Waals surface area contributed by atoms with Gasteiger partial charge in [-0.15, -0.1) is 0 Å². The average molecular weight is 272 g/mol. The van der Waals surface area contributed by atoms with Crippen LogP contribution in [0.1, 0.15) is 28.4 Å². The predicted octanol–water partition coefficient (Wildman–Crippen LogP) is 2.89. The van der Waals surface area contributed by atoms with E-state index in [1.54, 1.807) is 6.07 Å². The molecule has 1 aromatic heterocycles. The number of nitrogens with zero attached hydrogens (tertiary/aromatic N) is 1. The maximum absolute atomic E-state index is 13.4. The zero-order valence-corrected chi connectivity index (χ0v) is 11.6. The van der Waals surface area contributed by atoms with Crippen LogP contribution in [0.2, 0.25) is 0 Å². The molecule has 0 aliphatic carbocycles. The van der Waals surface area contributed by atoms with Gasteiger partial charge in [-0.2, -0.15) is 4.39 Å². The third kappa shape index (κ3) is 3.41. The van der Waals surface area contributed by atoms with Crippen LogP contribution in [0.15, 0.2) is 42.6 Å². The summed E-state index contributed by atoms with van der Waals surface area (Å²) >= 11 is 0. The van der Waals surface area contributed by atoms with E-state index in [-0.39, 0.29) is 11.6 Å². The number of pyridine rings is 1. The first-order valence-corrected chi connectivity index (χ1v) is 6.54. The number of aryl methyl sites for hydroxylation is 1. The van der Waals surface area contributed by atoms with Gasteiger partial charge in [0.25, 0.3) is 5.91 Å². The highest BCUT2D eigenvalue weighted by Gasteiger charge is 2.15. The van der Waals surface area contributed by atoms with E-state index in [4.69, 9.17) is 0 Å². The summed E-state index contributed by atoms with van der Waals surface area (Å²) in [6.45, 7) is 3.93. The summed E-state index contributed by atoms with van der Waals surface area (Å²) in [4.78, 5) is 15.4. The van der Waals surface area contributed by atoms with Gasteiger partial charge >= 0.3 is 0 Å². The molecule has 20 heavy (non-hydrogen) atoms. The van der Waals surface area contributed by atoms with E-state index >= 15 is 0 Å². The van der Waals surface area contributed by atoms with Crippen molar-refractivity contribution in [1.82, 2.24) is 10.3 Å². The average Bonchev–Trinajstić information content (AvgIpc) is 2.41. The molecule has 104 valence electrons. The minimum atomic E-state index is -0.743. The highest BCUT2D eigenvalue weighted by molar-refractivity contribution is 5.94. The fourth-order valence-corrected chi connectivity index (χ4v) is 2.08. The summed E-state index contributed by atoms with van der Waals surface area (Å²) in [5.41, 5.74) is 2.33. The van der Waals surface area contributed by atoms with Gasteiger partial charge in [-0.1, -0.05) is 24.3 Å². The smallest absolute Gasteiger partial charge is 0.256 e. The van der Waals surface area contributed by atoms with E-state index in [1.807, 2.05) is 38.1 Å². The predicted molar refractivity (Wildman–Crippen MR) is 76.0 cm³/mol. The van der Waals surface area contributed by atoms with Gasteiger partial charge in [0.05, 0.1) is 5.56 Å². The minimum Gasteiger partial charge on any atom is -0.349 e. The number of amides is 1. The maximum atomic E-state index is 13.4. The van der Waals surface area contributed by atoms with E-state index in [0.717, 1.165) is 0 Å². The summed E-state index contributed by atoms with van der Waals surface area (Å²) in [5, 5.41) is 2.79. The molecule has 1 unspecified atom stereocenters. The van der Waals surface area contributed by atoms with E-state index in [1.165, 1.54) is 23.4 Å². The molecule has 1 aromatic carbocycles. The molecule has 1 atom stereocenters. The zero-order chi connectivity index (χ0) is 14.5. The Balaban J connectivity index is 2.02.